The zero-order valence-corrected chi connectivity index (χ0v) is 15.9. The predicted molar refractivity (Wildman–Crippen MR) is 109 cm³/mol. The fraction of sp³-hybridized carbons (Fsp3) is 0.190. The highest BCUT2D eigenvalue weighted by atomic mass is 32.2. The first-order valence-electron chi connectivity index (χ1n) is 8.85. The van der Waals surface area contributed by atoms with Gasteiger partial charge in [0, 0.05) is 0 Å². The van der Waals surface area contributed by atoms with Gasteiger partial charge in [0.1, 0.15) is 5.75 Å². The molecule has 0 amide bonds. The van der Waals surface area contributed by atoms with Crippen LogP contribution in [0, 0.1) is 0 Å². The summed E-state index contributed by atoms with van der Waals surface area (Å²) in [4.78, 5) is 2.43. The lowest BCUT2D eigenvalue weighted by atomic mass is 10.1. The van der Waals surface area contributed by atoms with Crippen LogP contribution in [0.15, 0.2) is 76.7 Å². The molecule has 0 fully saturated rings. The van der Waals surface area contributed by atoms with Gasteiger partial charge in [-0.15, -0.1) is 0 Å². The van der Waals surface area contributed by atoms with Gasteiger partial charge in [0.2, 0.25) is 0 Å². The summed E-state index contributed by atoms with van der Waals surface area (Å²) in [5.74, 6) is 0.789. The smallest absolute Gasteiger partial charge is 0.276 e. The fourth-order valence-corrected chi connectivity index (χ4v) is 3.37. The van der Waals surface area contributed by atoms with Crippen molar-refractivity contribution in [1.82, 2.24) is 4.83 Å². The number of benzene rings is 3. The number of nitrogens with zero attached hydrogens (tertiary/aromatic N) is 1. The lowest BCUT2D eigenvalue weighted by Crippen LogP contribution is -2.18. The molecule has 0 saturated carbocycles. The van der Waals surface area contributed by atoms with E-state index in [4.69, 9.17) is 4.74 Å². The van der Waals surface area contributed by atoms with Crippen LogP contribution >= 0.6 is 0 Å². The molecule has 27 heavy (non-hydrogen) atoms. The van der Waals surface area contributed by atoms with Gasteiger partial charge in [-0.05, 0) is 59.2 Å². The van der Waals surface area contributed by atoms with E-state index in [1.807, 2.05) is 48.5 Å². The van der Waals surface area contributed by atoms with Crippen LogP contribution in [0.5, 0.6) is 5.75 Å². The summed E-state index contributed by atoms with van der Waals surface area (Å²) in [5.41, 5.74) is 0.777. The number of rotatable bonds is 8. The van der Waals surface area contributed by atoms with Crippen molar-refractivity contribution in [2.24, 2.45) is 5.10 Å². The number of ether oxygens (including phenoxy) is 1. The Bertz CT molecular complexity index is 1030. The van der Waals surface area contributed by atoms with E-state index in [0.29, 0.717) is 6.61 Å². The van der Waals surface area contributed by atoms with E-state index in [-0.39, 0.29) is 4.90 Å². The van der Waals surface area contributed by atoms with E-state index >= 15 is 0 Å². The summed E-state index contributed by atoms with van der Waals surface area (Å²) in [6, 6.07) is 19.9. The maximum absolute atomic E-state index is 12.4. The highest BCUT2D eigenvalue weighted by Gasteiger charge is 2.12. The third-order valence-electron chi connectivity index (χ3n) is 4.06. The van der Waals surface area contributed by atoms with Gasteiger partial charge in [-0.2, -0.15) is 13.5 Å². The molecule has 140 valence electrons. The van der Waals surface area contributed by atoms with Gasteiger partial charge in [-0.25, -0.2) is 4.83 Å². The van der Waals surface area contributed by atoms with Crippen LogP contribution in [-0.4, -0.2) is 21.2 Å². The van der Waals surface area contributed by atoms with Gasteiger partial charge in [-0.3, -0.25) is 0 Å². The van der Waals surface area contributed by atoms with Gasteiger partial charge >= 0.3 is 0 Å². The van der Waals surface area contributed by atoms with E-state index in [9.17, 15) is 8.42 Å². The second kappa shape index (κ2) is 8.68. The Balaban J connectivity index is 1.65. The summed E-state index contributed by atoms with van der Waals surface area (Å²) in [5, 5.41) is 5.72. The number of hydrogen-bond acceptors (Lipinski definition) is 4. The van der Waals surface area contributed by atoms with Crippen molar-refractivity contribution < 1.29 is 13.2 Å². The third kappa shape index (κ3) is 5.08. The van der Waals surface area contributed by atoms with Crippen molar-refractivity contribution in [3.8, 4) is 5.75 Å². The molecular weight excluding hydrogens is 360 g/mol. The van der Waals surface area contributed by atoms with E-state index in [0.717, 1.165) is 34.9 Å². The third-order valence-corrected chi connectivity index (χ3v) is 5.28. The normalized spacial score (nSPS) is 11.7. The molecule has 0 heterocycles. The number of hydrogen-bond donors (Lipinski definition) is 1. The summed E-state index contributed by atoms with van der Waals surface area (Å²) >= 11 is 0. The topological polar surface area (TPSA) is 67.8 Å². The largest absolute Gasteiger partial charge is 0.494 e. The number of sulfonamides is 1. The highest BCUT2D eigenvalue weighted by Crippen LogP contribution is 2.18. The van der Waals surface area contributed by atoms with Crippen molar-refractivity contribution in [2.75, 3.05) is 6.61 Å². The summed E-state index contributed by atoms with van der Waals surface area (Å²) in [7, 11) is -3.72. The van der Waals surface area contributed by atoms with Crippen LogP contribution in [0.2, 0.25) is 0 Å². The summed E-state index contributed by atoms with van der Waals surface area (Å²) in [6.45, 7) is 2.80. The van der Waals surface area contributed by atoms with Gasteiger partial charge < -0.3 is 4.74 Å². The number of nitrogens with one attached hydrogen (secondary N) is 1. The second-order valence-electron chi connectivity index (χ2n) is 6.13. The summed E-state index contributed by atoms with van der Waals surface area (Å²) < 4.78 is 30.4. The number of hydrazone groups is 1. The molecule has 3 aromatic rings. The van der Waals surface area contributed by atoms with Crippen molar-refractivity contribution in [3.63, 3.8) is 0 Å². The van der Waals surface area contributed by atoms with Crippen LogP contribution in [0.4, 0.5) is 0 Å². The average molecular weight is 382 g/mol. The molecule has 0 radical (unpaired) electrons. The Hall–Kier alpha value is -2.86. The van der Waals surface area contributed by atoms with Crippen molar-refractivity contribution >= 4 is 27.0 Å². The minimum atomic E-state index is -3.72. The Labute approximate surface area is 159 Å². The molecule has 6 heteroatoms. The molecule has 1 N–H and O–H groups in total. The SMILES string of the molecule is CCCCOc1ccc(C=NNS(=O)(=O)c2ccc3ccccc3c2)cc1. The number of unbranched alkanes of at least 4 members (excludes halogenated alkanes) is 1. The summed E-state index contributed by atoms with van der Waals surface area (Å²) in [6.07, 6.45) is 3.57. The first-order valence-corrected chi connectivity index (χ1v) is 10.3. The maximum atomic E-state index is 12.4. The molecular formula is C21H22N2O3S. The van der Waals surface area contributed by atoms with E-state index in [1.54, 1.807) is 18.2 Å². The van der Waals surface area contributed by atoms with Crippen molar-refractivity contribution in [2.45, 2.75) is 24.7 Å². The molecule has 0 aliphatic heterocycles. The monoisotopic (exact) mass is 382 g/mol. The molecule has 0 saturated heterocycles. The zero-order valence-electron chi connectivity index (χ0n) is 15.1. The maximum Gasteiger partial charge on any atom is 0.276 e. The number of fused-ring (bicyclic) bond motifs is 1. The Morgan fingerprint density at radius 2 is 1.74 bits per heavy atom. The standard InChI is InChI=1S/C21H22N2O3S/c1-2-3-14-26-20-11-8-17(9-12-20)16-22-23-27(24,25)21-13-10-18-6-4-5-7-19(18)15-21/h4-13,15-16,23H,2-3,14H2,1H3. The van der Waals surface area contributed by atoms with Crippen LogP contribution in [0.3, 0.4) is 0 Å². The Morgan fingerprint density at radius 1 is 1.00 bits per heavy atom. The van der Waals surface area contributed by atoms with Gasteiger partial charge in [-0.1, -0.05) is 43.7 Å². The van der Waals surface area contributed by atoms with E-state index in [1.165, 1.54) is 6.21 Å². The van der Waals surface area contributed by atoms with Crippen LogP contribution in [-0.2, 0) is 10.0 Å². The van der Waals surface area contributed by atoms with E-state index < -0.39 is 10.0 Å². The van der Waals surface area contributed by atoms with Crippen LogP contribution in [0.1, 0.15) is 25.3 Å². The molecule has 0 spiro atoms. The molecule has 0 atom stereocenters. The Kier molecular flexibility index (Phi) is 6.08. The first kappa shape index (κ1) is 18.9. The van der Waals surface area contributed by atoms with E-state index in [2.05, 4.69) is 16.9 Å². The molecule has 5 nitrogen and oxygen atoms in total. The lowest BCUT2D eigenvalue weighted by molar-refractivity contribution is 0.309. The quantitative estimate of drug-likeness (QED) is 0.358. The van der Waals surface area contributed by atoms with Crippen LogP contribution < -0.4 is 9.57 Å². The lowest BCUT2D eigenvalue weighted by Gasteiger charge is -2.06. The second-order valence-corrected chi connectivity index (χ2v) is 7.79. The zero-order chi connectivity index (χ0) is 19.1. The van der Waals surface area contributed by atoms with Crippen molar-refractivity contribution in [1.29, 1.82) is 0 Å². The molecule has 0 aliphatic carbocycles. The molecule has 0 bridgehead atoms. The Morgan fingerprint density at radius 3 is 2.48 bits per heavy atom. The minimum absolute atomic E-state index is 0.179. The first-order chi connectivity index (χ1) is 13.1. The highest BCUT2D eigenvalue weighted by molar-refractivity contribution is 7.89. The van der Waals surface area contributed by atoms with Crippen LogP contribution in [0.25, 0.3) is 10.8 Å². The van der Waals surface area contributed by atoms with Gasteiger partial charge in [0.25, 0.3) is 10.0 Å². The van der Waals surface area contributed by atoms with Gasteiger partial charge in [0.15, 0.2) is 0 Å². The molecule has 0 unspecified atom stereocenters. The molecule has 0 aromatic heterocycles. The molecule has 3 rings (SSSR count). The van der Waals surface area contributed by atoms with Crippen molar-refractivity contribution in [3.05, 3.63) is 72.3 Å². The average Bonchev–Trinajstić information content (AvgIpc) is 2.69. The molecule has 0 aliphatic rings. The molecule has 3 aromatic carbocycles. The predicted octanol–water partition coefficient (Wildman–Crippen LogP) is 4.33. The minimum Gasteiger partial charge on any atom is -0.494 e. The fourth-order valence-electron chi connectivity index (χ4n) is 2.54. The van der Waals surface area contributed by atoms with Gasteiger partial charge in [0.05, 0.1) is 17.7 Å².